The summed E-state index contributed by atoms with van der Waals surface area (Å²) >= 11 is 6.46. The number of carboxylic acids is 1. The summed E-state index contributed by atoms with van der Waals surface area (Å²) in [7, 11) is 0. The first-order valence-electron chi connectivity index (χ1n) is 10.4. The molecule has 0 spiro atoms. The minimum Gasteiger partial charge on any atom is -0.481 e. The van der Waals surface area contributed by atoms with Crippen LogP contribution in [-0.2, 0) is 4.79 Å². The number of aliphatic hydroxyl groups is 1. The minimum absolute atomic E-state index is 0.144. The van der Waals surface area contributed by atoms with Gasteiger partial charge in [0.15, 0.2) is 11.6 Å². The van der Waals surface area contributed by atoms with Crippen LogP contribution in [0.15, 0.2) is 42.6 Å². The third-order valence-electron chi connectivity index (χ3n) is 6.22. The minimum atomic E-state index is -1.00. The molecule has 2 unspecified atom stereocenters. The maximum Gasteiger partial charge on any atom is 0.309 e. The maximum atomic E-state index is 13.6. The van der Waals surface area contributed by atoms with Gasteiger partial charge in [-0.1, -0.05) is 29.8 Å². The van der Waals surface area contributed by atoms with Crippen LogP contribution in [-0.4, -0.2) is 50.5 Å². The fourth-order valence-electron chi connectivity index (χ4n) is 4.45. The zero-order chi connectivity index (χ0) is 21.7. The van der Waals surface area contributed by atoms with Crippen molar-refractivity contribution in [2.24, 2.45) is 5.92 Å². The molecular formula is C23H22ClN3O4. The van der Waals surface area contributed by atoms with Crippen molar-refractivity contribution in [1.29, 1.82) is 0 Å². The second-order valence-corrected chi connectivity index (χ2v) is 8.68. The van der Waals surface area contributed by atoms with Crippen molar-refractivity contribution < 1.29 is 19.8 Å². The molecule has 2 fully saturated rings. The molecule has 2 N–H and O–H groups in total. The third-order valence-corrected chi connectivity index (χ3v) is 6.54. The van der Waals surface area contributed by atoms with E-state index in [1.807, 2.05) is 35.2 Å². The van der Waals surface area contributed by atoms with Gasteiger partial charge in [0.05, 0.1) is 22.6 Å². The standard InChI is InChI=1S/C23H22ClN3O4/c24-16-5-3-4-14(13-7-8-13)19(16)20(29)22-25-21(17-6-1-2-10-27(17)22)26-11-9-15(23(30)31)18(28)12-26/h1-6,10,13,15,18,28H,7-9,11-12H2,(H,30,31). The normalized spacial score (nSPS) is 21.4. The number of β-amino-alcohol motifs (C(OH)–C–C–N with tert-alkyl or cyclic N) is 1. The molecule has 160 valence electrons. The number of nitrogens with zero attached hydrogens (tertiary/aromatic N) is 3. The number of benzene rings is 1. The van der Waals surface area contributed by atoms with Gasteiger partial charge in [-0.2, -0.15) is 0 Å². The summed E-state index contributed by atoms with van der Waals surface area (Å²) in [5.74, 6) is -0.851. The molecule has 7 nitrogen and oxygen atoms in total. The Balaban J connectivity index is 1.57. The van der Waals surface area contributed by atoms with Crippen molar-refractivity contribution in [2.75, 3.05) is 18.0 Å². The first kappa shape index (κ1) is 20.0. The summed E-state index contributed by atoms with van der Waals surface area (Å²) in [6.45, 7) is 0.578. The van der Waals surface area contributed by atoms with Crippen LogP contribution >= 0.6 is 11.6 Å². The topological polar surface area (TPSA) is 95.1 Å². The largest absolute Gasteiger partial charge is 0.481 e. The van der Waals surface area contributed by atoms with Crippen molar-refractivity contribution in [3.8, 4) is 0 Å². The highest BCUT2D eigenvalue weighted by molar-refractivity contribution is 6.35. The van der Waals surface area contributed by atoms with Gasteiger partial charge in [-0.15, -0.1) is 0 Å². The van der Waals surface area contributed by atoms with E-state index in [9.17, 15) is 19.8 Å². The lowest BCUT2D eigenvalue weighted by molar-refractivity contribution is -0.146. The zero-order valence-electron chi connectivity index (χ0n) is 16.7. The van der Waals surface area contributed by atoms with E-state index in [-0.39, 0.29) is 18.2 Å². The van der Waals surface area contributed by atoms with Crippen LogP contribution < -0.4 is 4.90 Å². The molecule has 8 heteroatoms. The van der Waals surface area contributed by atoms with E-state index in [4.69, 9.17) is 11.6 Å². The van der Waals surface area contributed by atoms with Crippen molar-refractivity contribution in [3.63, 3.8) is 0 Å². The van der Waals surface area contributed by atoms with Gasteiger partial charge in [0, 0.05) is 24.8 Å². The second-order valence-electron chi connectivity index (χ2n) is 8.27. The van der Waals surface area contributed by atoms with E-state index in [0.717, 1.165) is 23.9 Å². The van der Waals surface area contributed by atoms with E-state index in [1.54, 1.807) is 16.7 Å². The average Bonchev–Trinajstić information content (AvgIpc) is 3.53. The number of rotatable bonds is 5. The molecular weight excluding hydrogens is 418 g/mol. The van der Waals surface area contributed by atoms with Crippen molar-refractivity contribution in [3.05, 3.63) is 64.6 Å². The van der Waals surface area contributed by atoms with Crippen LogP contribution in [0.4, 0.5) is 5.82 Å². The average molecular weight is 440 g/mol. The van der Waals surface area contributed by atoms with Crippen LogP contribution in [0, 0.1) is 5.92 Å². The number of aliphatic carboxylic acids is 1. The highest BCUT2D eigenvalue weighted by Gasteiger charge is 2.36. The Bertz CT molecular complexity index is 1190. The van der Waals surface area contributed by atoms with Gasteiger partial charge in [-0.3, -0.25) is 14.0 Å². The Labute approximate surface area is 183 Å². The number of imidazole rings is 1. The predicted molar refractivity (Wildman–Crippen MR) is 116 cm³/mol. The summed E-state index contributed by atoms with van der Waals surface area (Å²) in [5.41, 5.74) is 2.19. The first-order chi connectivity index (χ1) is 15.0. The molecule has 1 saturated heterocycles. The summed E-state index contributed by atoms with van der Waals surface area (Å²) < 4.78 is 1.74. The van der Waals surface area contributed by atoms with E-state index >= 15 is 0 Å². The Morgan fingerprint density at radius 1 is 1.10 bits per heavy atom. The number of hydrogen-bond donors (Lipinski definition) is 2. The van der Waals surface area contributed by atoms with Crippen molar-refractivity contribution in [2.45, 2.75) is 31.3 Å². The fraction of sp³-hybridized carbons (Fsp3) is 0.348. The van der Waals surface area contributed by atoms with E-state index in [0.29, 0.717) is 35.3 Å². The number of ketones is 1. The molecule has 3 heterocycles. The summed E-state index contributed by atoms with van der Waals surface area (Å²) in [5, 5.41) is 20.0. The number of aromatic nitrogens is 2. The van der Waals surface area contributed by atoms with E-state index in [2.05, 4.69) is 4.98 Å². The number of piperidine rings is 1. The fourth-order valence-corrected chi connectivity index (χ4v) is 4.72. The lowest BCUT2D eigenvalue weighted by atomic mass is 9.94. The number of fused-ring (bicyclic) bond motifs is 1. The summed E-state index contributed by atoms with van der Waals surface area (Å²) in [4.78, 5) is 31.5. The molecule has 0 amide bonds. The third kappa shape index (κ3) is 3.47. The van der Waals surface area contributed by atoms with Crippen LogP contribution in [0.1, 0.15) is 46.9 Å². The van der Waals surface area contributed by atoms with Crippen molar-refractivity contribution in [1.82, 2.24) is 9.38 Å². The highest BCUT2D eigenvalue weighted by atomic mass is 35.5. The van der Waals surface area contributed by atoms with Gasteiger partial charge in [0.25, 0.3) is 0 Å². The second kappa shape index (κ2) is 7.66. The van der Waals surface area contributed by atoms with Crippen molar-refractivity contribution >= 4 is 34.7 Å². The molecule has 2 aliphatic rings. The number of anilines is 1. The first-order valence-corrected chi connectivity index (χ1v) is 10.8. The van der Waals surface area contributed by atoms with E-state index < -0.39 is 18.0 Å². The molecule has 1 aromatic carbocycles. The van der Waals surface area contributed by atoms with E-state index in [1.165, 1.54) is 0 Å². The molecule has 0 radical (unpaired) electrons. The zero-order valence-corrected chi connectivity index (χ0v) is 17.5. The number of halogens is 1. The van der Waals surface area contributed by atoms with Crippen LogP contribution in [0.5, 0.6) is 0 Å². The Morgan fingerprint density at radius 3 is 2.61 bits per heavy atom. The molecule has 2 atom stereocenters. The Kier molecular flexibility index (Phi) is 4.95. The van der Waals surface area contributed by atoms with Crippen LogP contribution in [0.2, 0.25) is 5.02 Å². The maximum absolute atomic E-state index is 13.6. The molecule has 0 bridgehead atoms. The molecule has 31 heavy (non-hydrogen) atoms. The van der Waals surface area contributed by atoms with Crippen LogP contribution in [0.25, 0.3) is 5.52 Å². The summed E-state index contributed by atoms with van der Waals surface area (Å²) in [6.07, 6.45) is 3.18. The Hall–Kier alpha value is -2.90. The Morgan fingerprint density at radius 2 is 1.90 bits per heavy atom. The monoisotopic (exact) mass is 439 g/mol. The van der Waals surface area contributed by atoms with Gasteiger partial charge in [0.1, 0.15) is 0 Å². The van der Waals surface area contributed by atoms with Gasteiger partial charge in [-0.25, -0.2) is 4.98 Å². The quantitative estimate of drug-likeness (QED) is 0.592. The number of pyridine rings is 1. The highest BCUT2D eigenvalue weighted by Crippen LogP contribution is 2.43. The van der Waals surface area contributed by atoms with Crippen LogP contribution in [0.3, 0.4) is 0 Å². The number of aliphatic hydroxyl groups excluding tert-OH is 1. The molecule has 1 aliphatic heterocycles. The lowest BCUT2D eigenvalue weighted by Gasteiger charge is -2.34. The smallest absolute Gasteiger partial charge is 0.309 e. The molecule has 1 aliphatic carbocycles. The van der Waals surface area contributed by atoms with Gasteiger partial charge in [-0.05, 0) is 48.9 Å². The number of hydrogen-bond acceptors (Lipinski definition) is 5. The SMILES string of the molecule is O=C(c1c(Cl)cccc1C1CC1)c1nc(N2CCC(C(=O)O)C(O)C2)c2ccccn12. The lowest BCUT2D eigenvalue weighted by Crippen LogP contribution is -2.46. The predicted octanol–water partition coefficient (Wildman–Crippen LogP) is 3.37. The molecule has 3 aromatic rings. The molecule has 5 rings (SSSR count). The number of carbonyl (C=O) groups is 2. The summed E-state index contributed by atoms with van der Waals surface area (Å²) in [6, 6.07) is 11.1. The number of carbonyl (C=O) groups excluding carboxylic acids is 1. The number of carboxylic acid groups (broad SMARTS) is 1. The molecule has 2 aromatic heterocycles. The van der Waals surface area contributed by atoms with Gasteiger partial charge in [0.2, 0.25) is 5.78 Å². The van der Waals surface area contributed by atoms with Gasteiger partial charge < -0.3 is 15.1 Å². The molecule has 1 saturated carbocycles. The van der Waals surface area contributed by atoms with Gasteiger partial charge >= 0.3 is 5.97 Å².